The second kappa shape index (κ2) is 4.80. The van der Waals surface area contributed by atoms with Crippen molar-refractivity contribution in [3.05, 3.63) is 35.6 Å². The molecule has 1 N–H and O–H groups in total. The molecule has 1 aromatic rings. The highest BCUT2D eigenvalue weighted by molar-refractivity contribution is 8.13. The molecule has 0 amide bonds. The minimum atomic E-state index is -0.575. The maximum atomic E-state index is 14.2. The Morgan fingerprint density at radius 1 is 1.47 bits per heavy atom. The molecule has 0 unspecified atom stereocenters. The molecule has 0 bridgehead atoms. The van der Waals surface area contributed by atoms with Crippen molar-refractivity contribution in [3.63, 3.8) is 0 Å². The van der Waals surface area contributed by atoms with Gasteiger partial charge in [-0.05, 0) is 13.0 Å². The van der Waals surface area contributed by atoms with Crippen LogP contribution in [0.5, 0.6) is 0 Å². The van der Waals surface area contributed by atoms with Gasteiger partial charge in [-0.25, -0.2) is 9.38 Å². The number of aliphatic imine (C=N–C) groups is 1. The molecular formula is C14H17FN2OS. The Morgan fingerprint density at radius 3 is 3.00 bits per heavy atom. The summed E-state index contributed by atoms with van der Waals surface area (Å²) in [6.45, 7) is 2.50. The van der Waals surface area contributed by atoms with Gasteiger partial charge >= 0.3 is 0 Å². The normalized spacial score (nSPS) is 33.7. The summed E-state index contributed by atoms with van der Waals surface area (Å²) in [4.78, 5) is 4.78. The number of nitrogens with zero attached hydrogens (tertiary/aromatic N) is 1. The summed E-state index contributed by atoms with van der Waals surface area (Å²) in [5, 5.41) is 3.94. The van der Waals surface area contributed by atoms with Crippen LogP contribution in [0.25, 0.3) is 0 Å². The first-order valence-electron chi connectivity index (χ1n) is 6.44. The molecule has 0 saturated carbocycles. The molecule has 2 heterocycles. The predicted molar refractivity (Wildman–Crippen MR) is 75.9 cm³/mol. The molecule has 3 nitrogen and oxygen atoms in total. The number of fused-ring (bicyclic) bond motifs is 1. The molecule has 1 saturated heterocycles. The van der Waals surface area contributed by atoms with Crippen molar-refractivity contribution >= 4 is 16.9 Å². The van der Waals surface area contributed by atoms with Crippen molar-refractivity contribution in [2.45, 2.75) is 18.6 Å². The van der Waals surface area contributed by atoms with Crippen LogP contribution >= 0.6 is 11.8 Å². The molecule has 0 radical (unpaired) electrons. The van der Waals surface area contributed by atoms with Gasteiger partial charge in [-0.15, -0.1) is 0 Å². The van der Waals surface area contributed by atoms with E-state index in [-0.39, 0.29) is 17.8 Å². The van der Waals surface area contributed by atoms with Gasteiger partial charge < -0.3 is 10.1 Å². The zero-order valence-corrected chi connectivity index (χ0v) is 11.8. The maximum absolute atomic E-state index is 14.2. The van der Waals surface area contributed by atoms with E-state index in [1.54, 1.807) is 17.8 Å². The van der Waals surface area contributed by atoms with Crippen LogP contribution in [0.3, 0.4) is 0 Å². The SMILES string of the molecule is CNC1=N[C@@]2(c3ccccc3F)CO[C@H](C)[C@H]2CS1. The van der Waals surface area contributed by atoms with Crippen LogP contribution in [-0.2, 0) is 10.3 Å². The van der Waals surface area contributed by atoms with E-state index in [0.29, 0.717) is 12.2 Å². The topological polar surface area (TPSA) is 33.6 Å². The highest BCUT2D eigenvalue weighted by Gasteiger charge is 2.52. The van der Waals surface area contributed by atoms with E-state index in [9.17, 15) is 4.39 Å². The third-order valence-corrected chi connectivity index (χ3v) is 5.10. The largest absolute Gasteiger partial charge is 0.375 e. The summed E-state index contributed by atoms with van der Waals surface area (Å²) in [5.41, 5.74) is 0.0753. The molecule has 3 rings (SSSR count). The molecular weight excluding hydrogens is 263 g/mol. The van der Waals surface area contributed by atoms with Crippen LogP contribution < -0.4 is 5.32 Å². The van der Waals surface area contributed by atoms with Gasteiger partial charge in [0.2, 0.25) is 0 Å². The molecule has 2 aliphatic heterocycles. The lowest BCUT2D eigenvalue weighted by Crippen LogP contribution is -2.42. The van der Waals surface area contributed by atoms with E-state index in [0.717, 1.165) is 10.9 Å². The number of halogens is 1. The molecule has 0 aromatic heterocycles. The fourth-order valence-corrected chi connectivity index (χ4v) is 4.17. The highest BCUT2D eigenvalue weighted by atomic mass is 32.2. The molecule has 2 aliphatic rings. The smallest absolute Gasteiger partial charge is 0.157 e. The van der Waals surface area contributed by atoms with Gasteiger partial charge in [0.25, 0.3) is 0 Å². The van der Waals surface area contributed by atoms with E-state index in [1.807, 2.05) is 26.1 Å². The van der Waals surface area contributed by atoms with Crippen molar-refractivity contribution in [2.24, 2.45) is 10.9 Å². The van der Waals surface area contributed by atoms with E-state index in [1.165, 1.54) is 6.07 Å². The van der Waals surface area contributed by atoms with Crippen LogP contribution in [0.1, 0.15) is 12.5 Å². The summed E-state index contributed by atoms with van der Waals surface area (Å²) in [6, 6.07) is 6.91. The van der Waals surface area contributed by atoms with Crippen LogP contribution in [0.4, 0.5) is 4.39 Å². The first kappa shape index (κ1) is 12.9. The van der Waals surface area contributed by atoms with E-state index >= 15 is 0 Å². The zero-order chi connectivity index (χ0) is 13.5. The highest BCUT2D eigenvalue weighted by Crippen LogP contribution is 2.47. The fourth-order valence-electron chi connectivity index (χ4n) is 2.92. The summed E-state index contributed by atoms with van der Waals surface area (Å²) < 4.78 is 20.0. The lowest BCUT2D eigenvalue weighted by atomic mass is 9.79. The Bertz CT molecular complexity index is 522. The Labute approximate surface area is 116 Å². The maximum Gasteiger partial charge on any atom is 0.157 e. The van der Waals surface area contributed by atoms with Crippen LogP contribution in [-0.4, -0.2) is 30.7 Å². The van der Waals surface area contributed by atoms with Gasteiger partial charge in [0.1, 0.15) is 11.4 Å². The van der Waals surface area contributed by atoms with Gasteiger partial charge in [-0.1, -0.05) is 30.0 Å². The Kier molecular flexibility index (Phi) is 3.27. The average Bonchev–Trinajstić information content (AvgIpc) is 2.77. The molecule has 5 heteroatoms. The number of rotatable bonds is 1. The van der Waals surface area contributed by atoms with Crippen molar-refractivity contribution in [1.82, 2.24) is 5.32 Å². The van der Waals surface area contributed by atoms with E-state index < -0.39 is 5.54 Å². The number of hydrogen-bond acceptors (Lipinski definition) is 4. The Balaban J connectivity index is 2.14. The van der Waals surface area contributed by atoms with Crippen LogP contribution in [0, 0.1) is 11.7 Å². The summed E-state index contributed by atoms with van der Waals surface area (Å²) in [5.74, 6) is 0.914. The summed E-state index contributed by atoms with van der Waals surface area (Å²) in [6.07, 6.45) is 0.106. The fraction of sp³-hybridized carbons (Fsp3) is 0.500. The van der Waals surface area contributed by atoms with Crippen molar-refractivity contribution < 1.29 is 9.13 Å². The van der Waals surface area contributed by atoms with Crippen molar-refractivity contribution in [1.29, 1.82) is 0 Å². The molecule has 102 valence electrons. The van der Waals surface area contributed by atoms with Crippen LogP contribution in [0.15, 0.2) is 29.3 Å². The predicted octanol–water partition coefficient (Wildman–Crippen LogP) is 2.38. The number of thioether (sulfide) groups is 1. The van der Waals surface area contributed by atoms with Crippen molar-refractivity contribution in [3.8, 4) is 0 Å². The second-order valence-corrected chi connectivity index (χ2v) is 6.01. The number of ether oxygens (including phenoxy) is 1. The Morgan fingerprint density at radius 2 is 2.26 bits per heavy atom. The average molecular weight is 280 g/mol. The minimum Gasteiger partial charge on any atom is -0.375 e. The summed E-state index contributed by atoms with van der Waals surface area (Å²) in [7, 11) is 1.85. The van der Waals surface area contributed by atoms with Crippen molar-refractivity contribution in [2.75, 3.05) is 19.4 Å². The summed E-state index contributed by atoms with van der Waals surface area (Å²) >= 11 is 1.68. The number of amidine groups is 1. The second-order valence-electron chi connectivity index (χ2n) is 5.00. The molecule has 19 heavy (non-hydrogen) atoms. The molecule has 0 spiro atoms. The first-order chi connectivity index (χ1) is 9.17. The Hall–Kier alpha value is -1.07. The molecule has 1 fully saturated rings. The van der Waals surface area contributed by atoms with Gasteiger partial charge in [0, 0.05) is 24.3 Å². The van der Waals surface area contributed by atoms with Gasteiger partial charge in [-0.2, -0.15) is 0 Å². The van der Waals surface area contributed by atoms with E-state index in [2.05, 4.69) is 5.32 Å². The van der Waals surface area contributed by atoms with Gasteiger partial charge in [-0.3, -0.25) is 0 Å². The lowest BCUT2D eigenvalue weighted by molar-refractivity contribution is 0.107. The third kappa shape index (κ3) is 1.96. The number of hydrogen-bond donors (Lipinski definition) is 1. The van der Waals surface area contributed by atoms with Gasteiger partial charge in [0.15, 0.2) is 5.17 Å². The minimum absolute atomic E-state index is 0.106. The standard InChI is InChI=1S/C14H17FN2OS/c1-9-11-7-19-13(16-2)17-14(11,8-18-9)10-5-3-4-6-12(10)15/h3-6,9,11H,7-8H2,1-2H3,(H,16,17)/t9-,11-,14-/m1/s1. The monoisotopic (exact) mass is 280 g/mol. The molecule has 0 aliphatic carbocycles. The van der Waals surface area contributed by atoms with Gasteiger partial charge in [0.05, 0.1) is 12.7 Å². The number of benzene rings is 1. The lowest BCUT2D eigenvalue weighted by Gasteiger charge is -2.36. The van der Waals surface area contributed by atoms with E-state index in [4.69, 9.17) is 9.73 Å². The molecule has 1 aromatic carbocycles. The first-order valence-corrected chi connectivity index (χ1v) is 7.43. The number of nitrogens with one attached hydrogen (secondary N) is 1. The van der Waals surface area contributed by atoms with Crippen LogP contribution in [0.2, 0.25) is 0 Å². The third-order valence-electron chi connectivity index (χ3n) is 4.00. The molecule has 3 atom stereocenters. The zero-order valence-electron chi connectivity index (χ0n) is 11.0. The quantitative estimate of drug-likeness (QED) is 0.857.